The monoisotopic (exact) mass is 1400 g/mol. The van der Waals surface area contributed by atoms with E-state index in [1.165, 1.54) is 19.4 Å². The molecule has 6 aliphatic heterocycles. The van der Waals surface area contributed by atoms with Gasteiger partial charge in [-0.1, -0.05) is 60.1 Å². The third kappa shape index (κ3) is 13.2. The summed E-state index contributed by atoms with van der Waals surface area (Å²) in [4.78, 5) is 14.8. The smallest absolute Gasteiger partial charge is 0.315 e. The Kier molecular flexibility index (Phi) is 22.4. The zero-order chi connectivity index (χ0) is 70.9. The predicted octanol–water partition coefficient (Wildman–Crippen LogP) is -4.33. The van der Waals surface area contributed by atoms with E-state index in [1.807, 2.05) is 0 Å². The Labute approximate surface area is 563 Å². The molecule has 6 saturated heterocycles. The maximum atomic E-state index is 14.8. The average Bonchev–Trinajstić information content (AvgIpc) is 0.676. The molecule has 11 rings (SSSR count). The van der Waals surface area contributed by atoms with E-state index in [0.29, 0.717) is 25.7 Å². The fourth-order valence-electron chi connectivity index (χ4n) is 19.3. The molecule has 97 heavy (non-hydrogen) atoms. The zero-order valence-electron chi connectivity index (χ0n) is 56.5. The highest BCUT2D eigenvalue weighted by Crippen LogP contribution is 2.76. The molecule has 0 unspecified atom stereocenters. The molecule has 10 fully saturated rings. The summed E-state index contributed by atoms with van der Waals surface area (Å²) in [7, 11) is 0. The molecule has 0 radical (unpaired) electrons. The lowest BCUT2D eigenvalue weighted by atomic mass is 9.33. The predicted molar refractivity (Wildman–Crippen MR) is 325 cm³/mol. The molecular weight excluding hydrogens is 1290 g/mol. The Morgan fingerprint density at radius 3 is 1.56 bits per heavy atom. The van der Waals surface area contributed by atoms with Crippen molar-refractivity contribution in [3.05, 3.63) is 11.6 Å². The molecule has 0 spiro atoms. The molecule has 0 amide bonds. The summed E-state index contributed by atoms with van der Waals surface area (Å²) in [5, 5.41) is 195. The second-order valence-corrected chi connectivity index (χ2v) is 31.9. The van der Waals surface area contributed by atoms with E-state index in [0.717, 1.165) is 38.5 Å². The first-order valence-corrected chi connectivity index (χ1v) is 34.6. The molecular formula is C66H108O31. The number of aliphatic hydroxyl groups is 18. The van der Waals surface area contributed by atoms with Crippen LogP contribution >= 0.6 is 0 Å². The van der Waals surface area contributed by atoms with Gasteiger partial charge in [0, 0.05) is 0 Å². The van der Waals surface area contributed by atoms with Crippen LogP contribution in [-0.2, 0) is 61.6 Å². The van der Waals surface area contributed by atoms with Crippen molar-refractivity contribution in [1.82, 2.24) is 0 Å². The van der Waals surface area contributed by atoms with Crippen LogP contribution in [0, 0.1) is 50.2 Å². The van der Waals surface area contributed by atoms with Crippen molar-refractivity contribution >= 4 is 5.97 Å². The summed E-state index contributed by atoms with van der Waals surface area (Å²) >= 11 is 0. The molecule has 31 heteroatoms. The third-order valence-corrected chi connectivity index (χ3v) is 25.5. The first-order valence-electron chi connectivity index (χ1n) is 34.6. The van der Waals surface area contributed by atoms with Crippen molar-refractivity contribution in [2.45, 2.75) is 317 Å². The van der Waals surface area contributed by atoms with Crippen LogP contribution < -0.4 is 0 Å². The van der Waals surface area contributed by atoms with Crippen molar-refractivity contribution in [1.29, 1.82) is 0 Å². The van der Waals surface area contributed by atoms with Crippen LogP contribution in [0.15, 0.2) is 11.6 Å². The van der Waals surface area contributed by atoms with Crippen molar-refractivity contribution in [3.63, 3.8) is 0 Å². The second-order valence-electron chi connectivity index (χ2n) is 31.9. The van der Waals surface area contributed by atoms with Gasteiger partial charge in [0.05, 0.1) is 50.2 Å². The summed E-state index contributed by atoms with van der Waals surface area (Å²) in [5.41, 5.74) is -1.11. The lowest BCUT2D eigenvalue weighted by molar-refractivity contribution is -0.380. The fraction of sp³-hybridized carbons (Fsp3) is 0.955. The summed E-state index contributed by atoms with van der Waals surface area (Å²) in [6.45, 7) is 15.7. The fourth-order valence-corrected chi connectivity index (χ4v) is 19.3. The number of fused-ring (bicyclic) bond motifs is 7. The number of carbonyl (C=O) groups excluding carboxylic acids is 1. The molecule has 0 aromatic heterocycles. The Balaban J connectivity index is 0.707. The standard InChI is InChI=1S/C66H108O31/c1-25-36(70)53(96-56-45(79)40(74)37(71)29(21-67)89-56)50(84)59(87-25)94-51-26(2)88-54(48(82)43(51)77)86-24-32-39(73)42(76)46(80)57(92-32)95-52-31(23-69)91-55(49(83)44(52)78)93-35-13-14-63(7)33(62(35,5)6)12-15-65(9)34(63)11-10-27-28-20-61(3,4)16-18-66(28,19-17-64(27,65)8)60(85)97-58-47(81)41(75)38(72)30(22-68)90-58/h10,25-26,28-59,67-84H,11-24H2,1-9H3/t25-,26-,28-,29+,30+,31+,32+,33-,34+,35-,36-,37+,38+,39-,40-,41-,42-,43-,44+,45+,46+,47+,48-,49+,50-,51-,52+,53+,54+,55-,56-,57-,58-,59-,63-,64+,65+,66-/m0/s1. The number of rotatable bonds is 16. The lowest BCUT2D eigenvalue weighted by Crippen LogP contribution is -2.67. The quantitative estimate of drug-likeness (QED) is 0.0395. The van der Waals surface area contributed by atoms with E-state index in [2.05, 4.69) is 54.5 Å². The number of esters is 1. The summed E-state index contributed by atoms with van der Waals surface area (Å²) in [6, 6.07) is 0. The van der Waals surface area contributed by atoms with Crippen LogP contribution in [0.3, 0.4) is 0 Å². The second kappa shape index (κ2) is 28.5. The highest BCUT2D eigenvalue weighted by atomic mass is 16.8. The average molecular weight is 1400 g/mol. The highest BCUT2D eigenvalue weighted by Gasteiger charge is 2.71. The molecule has 18 N–H and O–H groups in total. The molecule has 11 aliphatic rings. The van der Waals surface area contributed by atoms with Crippen LogP contribution in [0.2, 0.25) is 0 Å². The maximum Gasteiger partial charge on any atom is 0.315 e. The maximum absolute atomic E-state index is 14.8. The van der Waals surface area contributed by atoms with E-state index < -0.39 is 234 Å². The van der Waals surface area contributed by atoms with Gasteiger partial charge in [-0.25, -0.2) is 0 Å². The number of hydrogen-bond donors (Lipinski definition) is 18. The van der Waals surface area contributed by atoms with Crippen molar-refractivity contribution in [3.8, 4) is 0 Å². The van der Waals surface area contributed by atoms with Gasteiger partial charge in [-0.2, -0.15) is 0 Å². The molecule has 31 nitrogen and oxygen atoms in total. The minimum absolute atomic E-state index is 0.0956. The summed E-state index contributed by atoms with van der Waals surface area (Å²) < 4.78 is 70.9. The molecule has 558 valence electrons. The third-order valence-electron chi connectivity index (χ3n) is 25.5. The minimum Gasteiger partial charge on any atom is -0.432 e. The van der Waals surface area contributed by atoms with Crippen LogP contribution in [0.4, 0.5) is 0 Å². The van der Waals surface area contributed by atoms with Gasteiger partial charge in [0.1, 0.15) is 134 Å². The van der Waals surface area contributed by atoms with Crippen LogP contribution in [0.1, 0.15) is 127 Å². The molecule has 0 bridgehead atoms. The van der Waals surface area contributed by atoms with Crippen LogP contribution in [0.5, 0.6) is 0 Å². The Hall–Kier alpha value is -1.95. The molecule has 0 aromatic carbocycles. The van der Waals surface area contributed by atoms with Gasteiger partial charge in [-0.15, -0.1) is 0 Å². The van der Waals surface area contributed by atoms with Crippen molar-refractivity contribution in [2.24, 2.45) is 50.2 Å². The summed E-state index contributed by atoms with van der Waals surface area (Å²) in [6.07, 6.45) is -41.2. The molecule has 6 heterocycles. The molecule has 5 aliphatic carbocycles. The van der Waals surface area contributed by atoms with Gasteiger partial charge >= 0.3 is 5.97 Å². The van der Waals surface area contributed by atoms with Crippen LogP contribution in [-0.4, -0.2) is 315 Å². The highest BCUT2D eigenvalue weighted by molar-refractivity contribution is 5.79. The van der Waals surface area contributed by atoms with Gasteiger partial charge in [0.25, 0.3) is 0 Å². The first-order chi connectivity index (χ1) is 45.4. The normalized spacial score (nSPS) is 54.5. The van der Waals surface area contributed by atoms with E-state index >= 15 is 0 Å². The molecule has 0 aromatic rings. The van der Waals surface area contributed by atoms with E-state index in [9.17, 15) is 96.7 Å². The van der Waals surface area contributed by atoms with E-state index in [1.54, 1.807) is 0 Å². The Morgan fingerprint density at radius 2 is 0.938 bits per heavy atom. The number of carbonyl (C=O) groups is 1. The van der Waals surface area contributed by atoms with Gasteiger partial charge in [-0.05, 0) is 123 Å². The first kappa shape index (κ1) is 76.2. The van der Waals surface area contributed by atoms with Crippen LogP contribution in [0.25, 0.3) is 0 Å². The number of ether oxygens (including phenoxy) is 12. The van der Waals surface area contributed by atoms with Gasteiger partial charge in [0.15, 0.2) is 31.5 Å². The van der Waals surface area contributed by atoms with E-state index in [-0.39, 0.29) is 39.4 Å². The van der Waals surface area contributed by atoms with E-state index in [4.69, 9.17) is 56.8 Å². The zero-order valence-corrected chi connectivity index (χ0v) is 56.5. The van der Waals surface area contributed by atoms with Crippen molar-refractivity contribution in [2.75, 3.05) is 26.4 Å². The molecule has 38 atom stereocenters. The molecule has 4 saturated carbocycles. The number of hydrogen-bond acceptors (Lipinski definition) is 31. The Bertz CT molecular complexity index is 2730. The Morgan fingerprint density at radius 1 is 0.454 bits per heavy atom. The lowest BCUT2D eigenvalue weighted by Gasteiger charge is -2.71. The minimum atomic E-state index is -1.99. The van der Waals surface area contributed by atoms with Gasteiger partial charge in [-0.3, -0.25) is 4.79 Å². The number of aliphatic hydroxyl groups excluding tert-OH is 18. The topological polar surface area (TPSA) is 492 Å². The number of allylic oxidation sites excluding steroid dienone is 2. The van der Waals surface area contributed by atoms with Gasteiger partial charge < -0.3 is 149 Å². The van der Waals surface area contributed by atoms with Gasteiger partial charge in [0.2, 0.25) is 6.29 Å². The SMILES string of the molecule is C[C@@H]1O[C@@H](O[C@@H]2[C@@H](O)[C@H](O)[C@H](OC[C@H]3O[C@@H](O[C@H]4[C@H](O)[C@@H](O)[C@H](O[C@H]5CC[C@]6(C)[C@H]7CC=C8[C@@H]9CC(C)(C)CC[C@]9(C(=O)O[C@@H]9O[C@H](CO)[C@@H](O)[C@H](O)[C@H]9O)CC[C@@]8(C)[C@]7(C)CC[C@H]6C5(C)C)O[C@@H]4CO)[C@H](O)[C@@H](O)[C@H]3O)O[C@H]2C)[C@@H](O)[C@H](O[C@@H]2O[C@H](CO)[C@@H](O)[C@H](O)[C@H]2O)[C@H]1O. The summed E-state index contributed by atoms with van der Waals surface area (Å²) in [5.74, 6) is -0.419. The largest absolute Gasteiger partial charge is 0.432 e. The van der Waals surface area contributed by atoms with Crippen molar-refractivity contribution < 1.29 is 154 Å².